The Labute approximate surface area is 152 Å². The highest BCUT2D eigenvalue weighted by Crippen LogP contribution is 2.15. The van der Waals surface area contributed by atoms with Gasteiger partial charge in [-0.1, -0.05) is 38.1 Å². The molecule has 5 nitrogen and oxygen atoms in total. The number of hydrogen-bond donors (Lipinski definition) is 3. The summed E-state index contributed by atoms with van der Waals surface area (Å²) in [6.45, 7) is 10.3. The van der Waals surface area contributed by atoms with Crippen molar-refractivity contribution in [3.05, 3.63) is 35.4 Å². The van der Waals surface area contributed by atoms with Crippen molar-refractivity contribution >= 4 is 5.91 Å². The smallest absolute Gasteiger partial charge is 0.238 e. The lowest BCUT2D eigenvalue weighted by atomic mass is 10.00. The Balaban J connectivity index is 1.88. The van der Waals surface area contributed by atoms with E-state index >= 15 is 0 Å². The summed E-state index contributed by atoms with van der Waals surface area (Å²) in [5.41, 5.74) is 8.85. The molecule has 1 aromatic rings. The van der Waals surface area contributed by atoms with Gasteiger partial charge in [0.2, 0.25) is 5.91 Å². The first-order valence-corrected chi connectivity index (χ1v) is 9.42. The molecule has 1 fully saturated rings. The van der Waals surface area contributed by atoms with Gasteiger partial charge in [0.25, 0.3) is 0 Å². The van der Waals surface area contributed by atoms with E-state index in [0.717, 1.165) is 19.4 Å². The molecule has 1 heterocycles. The average molecular weight is 347 g/mol. The monoisotopic (exact) mass is 346 g/mol. The first kappa shape index (κ1) is 19.9. The van der Waals surface area contributed by atoms with Crippen LogP contribution in [0.2, 0.25) is 0 Å². The molecule has 0 spiro atoms. The van der Waals surface area contributed by atoms with Gasteiger partial charge in [0, 0.05) is 25.2 Å². The van der Waals surface area contributed by atoms with Crippen LogP contribution in [0.4, 0.5) is 0 Å². The lowest BCUT2D eigenvalue weighted by Crippen LogP contribution is -2.43. The molecule has 0 bridgehead atoms. The van der Waals surface area contributed by atoms with Crippen LogP contribution in [0, 0.1) is 5.92 Å². The highest BCUT2D eigenvalue weighted by atomic mass is 16.2. The van der Waals surface area contributed by atoms with Crippen molar-refractivity contribution in [3.8, 4) is 0 Å². The van der Waals surface area contributed by atoms with E-state index in [0.29, 0.717) is 24.5 Å². The molecular formula is C20H34N4O. The maximum Gasteiger partial charge on any atom is 0.238 e. The number of carbonyl (C=O) groups excluding carboxylic acids is 1. The van der Waals surface area contributed by atoms with E-state index in [9.17, 15) is 4.79 Å². The lowest BCUT2D eigenvalue weighted by molar-refractivity contribution is -0.123. The SMILES string of the molecule is CC(C)CC1CC(C(=O)NCc2ccccc2CN(C)C(C)C)NN1. The summed E-state index contributed by atoms with van der Waals surface area (Å²) < 4.78 is 0. The van der Waals surface area contributed by atoms with Crippen LogP contribution in [-0.2, 0) is 17.9 Å². The van der Waals surface area contributed by atoms with Crippen molar-refractivity contribution in [1.82, 2.24) is 21.1 Å². The molecule has 0 saturated carbocycles. The molecule has 1 aliphatic heterocycles. The second kappa shape index (κ2) is 9.32. The number of carbonyl (C=O) groups is 1. The van der Waals surface area contributed by atoms with E-state index < -0.39 is 0 Å². The zero-order valence-electron chi connectivity index (χ0n) is 16.3. The van der Waals surface area contributed by atoms with Gasteiger partial charge in [-0.15, -0.1) is 0 Å². The summed E-state index contributed by atoms with van der Waals surface area (Å²) >= 11 is 0. The summed E-state index contributed by atoms with van der Waals surface area (Å²) in [6.07, 6.45) is 1.93. The van der Waals surface area contributed by atoms with Gasteiger partial charge in [0.05, 0.1) is 0 Å². The highest BCUT2D eigenvalue weighted by Gasteiger charge is 2.29. The maximum atomic E-state index is 12.5. The summed E-state index contributed by atoms with van der Waals surface area (Å²) in [5, 5.41) is 3.10. The Kier molecular flexibility index (Phi) is 7.41. The predicted molar refractivity (Wildman–Crippen MR) is 103 cm³/mol. The molecule has 3 N–H and O–H groups in total. The fraction of sp³-hybridized carbons (Fsp3) is 0.650. The van der Waals surface area contributed by atoms with Crippen molar-refractivity contribution in [2.45, 2.75) is 71.8 Å². The minimum atomic E-state index is -0.144. The number of rotatable bonds is 8. The predicted octanol–water partition coefficient (Wildman–Crippen LogP) is 2.42. The zero-order chi connectivity index (χ0) is 18.4. The molecule has 1 amide bonds. The Morgan fingerprint density at radius 2 is 1.88 bits per heavy atom. The fourth-order valence-electron chi connectivity index (χ4n) is 3.16. The van der Waals surface area contributed by atoms with Crippen LogP contribution >= 0.6 is 0 Å². The third-order valence-electron chi connectivity index (χ3n) is 4.93. The molecule has 0 radical (unpaired) electrons. The Morgan fingerprint density at radius 1 is 1.20 bits per heavy atom. The second-order valence-corrected chi connectivity index (χ2v) is 7.90. The van der Waals surface area contributed by atoms with E-state index in [-0.39, 0.29) is 11.9 Å². The van der Waals surface area contributed by atoms with Crippen molar-refractivity contribution in [2.75, 3.05) is 7.05 Å². The topological polar surface area (TPSA) is 56.4 Å². The molecule has 2 rings (SSSR count). The van der Waals surface area contributed by atoms with Gasteiger partial charge >= 0.3 is 0 Å². The van der Waals surface area contributed by atoms with Crippen LogP contribution < -0.4 is 16.2 Å². The summed E-state index contributed by atoms with van der Waals surface area (Å²) in [4.78, 5) is 14.8. The number of benzene rings is 1. The summed E-state index contributed by atoms with van der Waals surface area (Å²) in [7, 11) is 2.13. The quantitative estimate of drug-likeness (QED) is 0.677. The minimum Gasteiger partial charge on any atom is -0.351 e. The largest absolute Gasteiger partial charge is 0.351 e. The van der Waals surface area contributed by atoms with Crippen LogP contribution in [0.3, 0.4) is 0 Å². The van der Waals surface area contributed by atoms with Crippen LogP contribution in [0.1, 0.15) is 51.7 Å². The molecule has 2 unspecified atom stereocenters. The molecule has 0 aliphatic carbocycles. The van der Waals surface area contributed by atoms with Crippen molar-refractivity contribution in [2.24, 2.45) is 5.92 Å². The van der Waals surface area contributed by atoms with Crippen LogP contribution in [0.25, 0.3) is 0 Å². The van der Waals surface area contributed by atoms with Crippen LogP contribution in [0.15, 0.2) is 24.3 Å². The van der Waals surface area contributed by atoms with Gasteiger partial charge in [0.1, 0.15) is 6.04 Å². The number of amides is 1. The van der Waals surface area contributed by atoms with Gasteiger partial charge in [-0.25, -0.2) is 5.43 Å². The summed E-state index contributed by atoms with van der Waals surface area (Å²) in [6, 6.07) is 9.08. The molecule has 2 atom stereocenters. The third-order valence-corrected chi connectivity index (χ3v) is 4.93. The molecule has 5 heteroatoms. The number of nitrogens with zero attached hydrogens (tertiary/aromatic N) is 1. The normalized spacial score (nSPS) is 20.6. The molecular weight excluding hydrogens is 312 g/mol. The van der Waals surface area contributed by atoms with Gasteiger partial charge in [-0.05, 0) is 50.8 Å². The van der Waals surface area contributed by atoms with E-state index in [2.05, 4.69) is 74.0 Å². The lowest BCUT2D eigenvalue weighted by Gasteiger charge is -2.22. The molecule has 140 valence electrons. The Hall–Kier alpha value is -1.43. The molecule has 1 aliphatic rings. The van der Waals surface area contributed by atoms with E-state index in [1.54, 1.807) is 0 Å². The third kappa shape index (κ3) is 6.10. The number of hydrazine groups is 1. The van der Waals surface area contributed by atoms with E-state index in [4.69, 9.17) is 0 Å². The van der Waals surface area contributed by atoms with Gasteiger partial charge < -0.3 is 5.32 Å². The number of nitrogens with one attached hydrogen (secondary N) is 3. The van der Waals surface area contributed by atoms with Gasteiger partial charge in [-0.2, -0.15) is 0 Å². The molecule has 1 aromatic carbocycles. The van der Waals surface area contributed by atoms with Crippen LogP contribution in [-0.4, -0.2) is 36.0 Å². The Bertz CT molecular complexity index is 558. The Morgan fingerprint density at radius 3 is 2.52 bits per heavy atom. The molecule has 1 saturated heterocycles. The average Bonchev–Trinajstić information content (AvgIpc) is 3.01. The van der Waals surface area contributed by atoms with Gasteiger partial charge in [-0.3, -0.25) is 15.1 Å². The number of hydrogen-bond acceptors (Lipinski definition) is 4. The first-order valence-electron chi connectivity index (χ1n) is 9.42. The van der Waals surface area contributed by atoms with Crippen molar-refractivity contribution in [3.63, 3.8) is 0 Å². The fourth-order valence-corrected chi connectivity index (χ4v) is 3.16. The van der Waals surface area contributed by atoms with Gasteiger partial charge in [0.15, 0.2) is 0 Å². The van der Waals surface area contributed by atoms with Crippen molar-refractivity contribution in [1.29, 1.82) is 0 Å². The molecule has 25 heavy (non-hydrogen) atoms. The van der Waals surface area contributed by atoms with E-state index in [1.807, 2.05) is 6.07 Å². The maximum absolute atomic E-state index is 12.5. The van der Waals surface area contributed by atoms with E-state index in [1.165, 1.54) is 11.1 Å². The van der Waals surface area contributed by atoms with Crippen molar-refractivity contribution < 1.29 is 4.79 Å². The highest BCUT2D eigenvalue weighted by molar-refractivity contribution is 5.82. The minimum absolute atomic E-state index is 0.0748. The summed E-state index contributed by atoms with van der Waals surface area (Å²) in [5.74, 6) is 0.705. The van der Waals surface area contributed by atoms with Crippen LogP contribution in [0.5, 0.6) is 0 Å². The molecule has 0 aromatic heterocycles. The second-order valence-electron chi connectivity index (χ2n) is 7.90. The first-order chi connectivity index (χ1) is 11.9. The zero-order valence-corrected chi connectivity index (χ0v) is 16.3. The standard InChI is InChI=1S/C20H34N4O/c1-14(2)10-18-11-19(23-22-18)20(25)21-12-16-8-6-7-9-17(16)13-24(5)15(3)4/h6-9,14-15,18-19,22-23H,10-13H2,1-5H3,(H,21,25).